The van der Waals surface area contributed by atoms with Gasteiger partial charge in [-0.2, -0.15) is 0 Å². The molecular weight excluding hydrogens is 270 g/mol. The fourth-order valence-electron chi connectivity index (χ4n) is 3.13. The zero-order valence-corrected chi connectivity index (χ0v) is 12.9. The maximum absolute atomic E-state index is 11.6. The lowest BCUT2D eigenvalue weighted by Crippen LogP contribution is -2.38. The molecule has 1 aromatic rings. The minimum Gasteiger partial charge on any atom is -0.349 e. The van der Waals surface area contributed by atoms with Gasteiger partial charge in [0, 0.05) is 30.6 Å². The molecule has 0 amide bonds. The molecule has 4 nitrogen and oxygen atoms in total. The van der Waals surface area contributed by atoms with Gasteiger partial charge in [-0.05, 0) is 25.3 Å². The minimum absolute atomic E-state index is 0.445. The maximum atomic E-state index is 11.6. The van der Waals surface area contributed by atoms with Gasteiger partial charge < -0.3 is 4.90 Å². The van der Waals surface area contributed by atoms with Gasteiger partial charge in [0.05, 0.1) is 10.8 Å². The van der Waals surface area contributed by atoms with Crippen LogP contribution >= 0.6 is 0 Å². The van der Waals surface area contributed by atoms with Crippen molar-refractivity contribution < 1.29 is 4.21 Å². The molecule has 3 rings (SSSR count). The molecule has 1 fully saturated rings. The van der Waals surface area contributed by atoms with Crippen LogP contribution in [-0.2, 0) is 10.8 Å². The van der Waals surface area contributed by atoms with E-state index in [1.165, 1.54) is 31.3 Å². The Balaban J connectivity index is 2.03. The summed E-state index contributed by atoms with van der Waals surface area (Å²) in [6.45, 7) is 3.15. The van der Waals surface area contributed by atoms with Crippen LogP contribution in [0.3, 0.4) is 0 Å². The van der Waals surface area contributed by atoms with Crippen molar-refractivity contribution in [1.29, 1.82) is 0 Å². The van der Waals surface area contributed by atoms with Crippen LogP contribution in [0.15, 0.2) is 16.9 Å². The van der Waals surface area contributed by atoms with Gasteiger partial charge in [-0.1, -0.05) is 25.3 Å². The fraction of sp³-hybridized carbons (Fsp3) is 0.600. The van der Waals surface area contributed by atoms with Gasteiger partial charge in [-0.15, -0.1) is 0 Å². The van der Waals surface area contributed by atoms with Crippen LogP contribution in [0.4, 0.5) is 5.82 Å². The Morgan fingerprint density at radius 2 is 2.15 bits per heavy atom. The zero-order valence-electron chi connectivity index (χ0n) is 12.1. The van der Waals surface area contributed by atoms with Crippen molar-refractivity contribution in [2.75, 3.05) is 17.7 Å². The van der Waals surface area contributed by atoms with Crippen LogP contribution in [0.2, 0.25) is 0 Å². The van der Waals surface area contributed by atoms with Crippen molar-refractivity contribution in [3.05, 3.63) is 17.3 Å². The number of anilines is 1. The quantitative estimate of drug-likeness (QED) is 0.803. The molecule has 0 saturated heterocycles. The fourth-order valence-corrected chi connectivity index (χ4v) is 3.54. The third-order valence-corrected chi connectivity index (χ3v) is 4.97. The molecular formula is C15H21N3OS. The van der Waals surface area contributed by atoms with Gasteiger partial charge in [0.25, 0.3) is 0 Å². The second-order valence-electron chi connectivity index (χ2n) is 5.61. The van der Waals surface area contributed by atoms with Gasteiger partial charge in [0.15, 0.2) is 0 Å². The Bertz CT molecular complexity index is 564. The van der Waals surface area contributed by atoms with Gasteiger partial charge in [-0.3, -0.25) is 4.21 Å². The summed E-state index contributed by atoms with van der Waals surface area (Å²) in [5.41, 5.74) is 2.51. The normalized spacial score (nSPS) is 20.7. The molecule has 0 radical (unpaired) electrons. The van der Waals surface area contributed by atoms with E-state index in [-0.39, 0.29) is 0 Å². The molecule has 0 N–H and O–H groups in total. The first-order chi connectivity index (χ1) is 9.69. The van der Waals surface area contributed by atoms with Crippen molar-refractivity contribution in [1.82, 2.24) is 9.97 Å². The molecule has 0 spiro atoms. The largest absolute Gasteiger partial charge is 0.349 e. The molecule has 1 aliphatic heterocycles. The standard InChI is InChI=1S/C15H21N3OS/c1-3-11-8-12-9-16-15(20(2)19)17-14(12)18(10-11)13-6-4-5-7-13/h8-9,13H,3-7,10H2,1-2H3. The van der Waals surface area contributed by atoms with E-state index >= 15 is 0 Å². The number of rotatable bonds is 3. The third-order valence-electron chi connectivity index (χ3n) is 4.26. The van der Waals surface area contributed by atoms with Gasteiger partial charge in [-0.25, -0.2) is 9.97 Å². The molecule has 1 atom stereocenters. The maximum Gasteiger partial charge on any atom is 0.220 e. The lowest BCUT2D eigenvalue weighted by molar-refractivity contribution is 0.606. The average Bonchev–Trinajstić information content (AvgIpc) is 2.99. The Labute approximate surface area is 122 Å². The minimum atomic E-state index is -1.12. The van der Waals surface area contributed by atoms with Gasteiger partial charge in [0.2, 0.25) is 5.16 Å². The van der Waals surface area contributed by atoms with Crippen molar-refractivity contribution >= 4 is 22.7 Å². The highest BCUT2D eigenvalue weighted by molar-refractivity contribution is 7.84. The van der Waals surface area contributed by atoms with Gasteiger partial charge >= 0.3 is 0 Å². The molecule has 1 aromatic heterocycles. The first kappa shape index (κ1) is 13.7. The molecule has 2 aliphatic rings. The lowest BCUT2D eigenvalue weighted by atomic mass is 10.0. The highest BCUT2D eigenvalue weighted by atomic mass is 32.2. The van der Waals surface area contributed by atoms with E-state index in [2.05, 4.69) is 27.9 Å². The van der Waals surface area contributed by atoms with E-state index in [0.717, 1.165) is 24.3 Å². The summed E-state index contributed by atoms with van der Waals surface area (Å²) in [5.74, 6) is 0.981. The first-order valence-electron chi connectivity index (χ1n) is 7.35. The summed E-state index contributed by atoms with van der Waals surface area (Å²) in [7, 11) is -1.12. The Kier molecular flexibility index (Phi) is 3.87. The molecule has 20 heavy (non-hydrogen) atoms. The predicted molar refractivity (Wildman–Crippen MR) is 82.2 cm³/mol. The van der Waals surface area contributed by atoms with Crippen molar-refractivity contribution in [3.8, 4) is 0 Å². The number of hydrogen-bond acceptors (Lipinski definition) is 4. The Morgan fingerprint density at radius 3 is 2.80 bits per heavy atom. The van der Waals surface area contributed by atoms with Gasteiger partial charge in [0.1, 0.15) is 5.82 Å². The average molecular weight is 291 g/mol. The number of nitrogens with zero attached hydrogens (tertiary/aromatic N) is 3. The summed E-state index contributed by atoms with van der Waals surface area (Å²) in [6.07, 6.45) is 11.8. The molecule has 1 saturated carbocycles. The van der Waals surface area contributed by atoms with Crippen molar-refractivity contribution in [2.45, 2.75) is 50.2 Å². The third kappa shape index (κ3) is 2.51. The van der Waals surface area contributed by atoms with Crippen molar-refractivity contribution in [2.24, 2.45) is 0 Å². The Hall–Kier alpha value is -1.23. The molecule has 1 unspecified atom stereocenters. The zero-order chi connectivity index (χ0) is 14.1. The summed E-state index contributed by atoms with van der Waals surface area (Å²) in [5, 5.41) is 0.445. The van der Waals surface area contributed by atoms with E-state index in [0.29, 0.717) is 11.2 Å². The van der Waals surface area contributed by atoms with E-state index < -0.39 is 10.8 Å². The number of aromatic nitrogens is 2. The lowest BCUT2D eigenvalue weighted by Gasteiger charge is -2.35. The molecule has 1 aliphatic carbocycles. The molecule has 0 bridgehead atoms. The molecule has 5 heteroatoms. The second-order valence-corrected chi connectivity index (χ2v) is 6.88. The second kappa shape index (κ2) is 5.64. The van der Waals surface area contributed by atoms with E-state index in [1.807, 2.05) is 6.20 Å². The van der Waals surface area contributed by atoms with Crippen LogP contribution in [0.25, 0.3) is 6.08 Å². The summed E-state index contributed by atoms with van der Waals surface area (Å²) < 4.78 is 11.6. The van der Waals surface area contributed by atoms with Crippen LogP contribution < -0.4 is 4.90 Å². The predicted octanol–water partition coefficient (Wildman–Crippen LogP) is 2.77. The molecule has 0 aromatic carbocycles. The van der Waals surface area contributed by atoms with E-state index in [9.17, 15) is 4.21 Å². The summed E-state index contributed by atoms with van der Waals surface area (Å²) in [6, 6.07) is 0.581. The van der Waals surface area contributed by atoms with Crippen LogP contribution in [0.1, 0.15) is 44.6 Å². The number of fused-ring (bicyclic) bond motifs is 1. The van der Waals surface area contributed by atoms with Crippen molar-refractivity contribution in [3.63, 3.8) is 0 Å². The highest BCUT2D eigenvalue weighted by Gasteiger charge is 2.28. The highest BCUT2D eigenvalue weighted by Crippen LogP contribution is 2.34. The SMILES string of the molecule is CCC1=Cc2cnc(S(C)=O)nc2N(C2CCCC2)C1. The topological polar surface area (TPSA) is 46.1 Å². The van der Waals surface area contributed by atoms with Crippen LogP contribution in [-0.4, -0.2) is 33.0 Å². The summed E-state index contributed by atoms with van der Waals surface area (Å²) >= 11 is 0. The molecule has 2 heterocycles. The van der Waals surface area contributed by atoms with Crippen LogP contribution in [0, 0.1) is 0 Å². The number of hydrogen-bond donors (Lipinski definition) is 0. The van der Waals surface area contributed by atoms with E-state index in [1.54, 1.807) is 6.26 Å². The monoisotopic (exact) mass is 291 g/mol. The van der Waals surface area contributed by atoms with Crippen LogP contribution in [0.5, 0.6) is 0 Å². The Morgan fingerprint density at radius 1 is 1.40 bits per heavy atom. The van der Waals surface area contributed by atoms with E-state index in [4.69, 9.17) is 0 Å². The smallest absolute Gasteiger partial charge is 0.220 e. The summed E-state index contributed by atoms with van der Waals surface area (Å²) in [4.78, 5) is 11.2. The molecule has 108 valence electrons. The first-order valence-corrected chi connectivity index (χ1v) is 8.91.